The molecule has 0 aliphatic rings. The molecular weight excluding hydrogens is 374 g/mol. The molecule has 3 aromatic rings. The third kappa shape index (κ3) is 5.28. The second-order valence-electron chi connectivity index (χ2n) is 5.92. The number of para-hydroxylation sites is 1. The molecule has 142 valence electrons. The molecule has 7 heteroatoms. The first-order valence-electron chi connectivity index (χ1n) is 8.44. The molecule has 0 radical (unpaired) electrons. The Hall–Kier alpha value is -3.45. The van der Waals surface area contributed by atoms with Crippen molar-refractivity contribution in [3.05, 3.63) is 72.3 Å². The number of anilines is 2. The SMILES string of the molecule is Nc1ccccc1C=Nc1ccc(SCC(=O)Nc2ccc(O)c(O)c2)cc1. The topological polar surface area (TPSA) is 108 Å². The fourth-order valence-corrected chi connectivity index (χ4v) is 3.05. The van der Waals surface area contributed by atoms with Crippen LogP contribution >= 0.6 is 11.8 Å². The minimum atomic E-state index is -0.279. The first-order chi connectivity index (χ1) is 13.5. The van der Waals surface area contributed by atoms with Crippen LogP contribution in [0.3, 0.4) is 0 Å². The minimum absolute atomic E-state index is 0.211. The molecule has 0 aromatic heterocycles. The van der Waals surface area contributed by atoms with Gasteiger partial charge in [-0.3, -0.25) is 9.79 Å². The van der Waals surface area contributed by atoms with Gasteiger partial charge in [0.2, 0.25) is 5.91 Å². The van der Waals surface area contributed by atoms with Gasteiger partial charge < -0.3 is 21.3 Å². The molecule has 0 bridgehead atoms. The van der Waals surface area contributed by atoms with Crippen molar-refractivity contribution in [1.29, 1.82) is 0 Å². The first kappa shape index (κ1) is 19.3. The van der Waals surface area contributed by atoms with E-state index < -0.39 is 0 Å². The average Bonchev–Trinajstić information content (AvgIpc) is 2.69. The van der Waals surface area contributed by atoms with E-state index >= 15 is 0 Å². The monoisotopic (exact) mass is 393 g/mol. The lowest BCUT2D eigenvalue weighted by atomic mass is 10.2. The van der Waals surface area contributed by atoms with Crippen molar-refractivity contribution in [2.45, 2.75) is 4.90 Å². The van der Waals surface area contributed by atoms with Gasteiger partial charge in [-0.15, -0.1) is 11.8 Å². The molecule has 0 fully saturated rings. The summed E-state index contributed by atoms with van der Waals surface area (Å²) in [7, 11) is 0. The largest absolute Gasteiger partial charge is 0.504 e. The average molecular weight is 393 g/mol. The summed E-state index contributed by atoms with van der Waals surface area (Å²) >= 11 is 1.38. The number of carbonyl (C=O) groups excluding carboxylic acids is 1. The van der Waals surface area contributed by atoms with Crippen molar-refractivity contribution >= 4 is 40.9 Å². The van der Waals surface area contributed by atoms with Crippen molar-refractivity contribution < 1.29 is 15.0 Å². The Balaban J connectivity index is 1.53. The number of nitrogens with one attached hydrogen (secondary N) is 1. The third-order valence-electron chi connectivity index (χ3n) is 3.81. The Bertz CT molecular complexity index is 1000. The number of aromatic hydroxyl groups is 2. The Morgan fingerprint density at radius 3 is 2.50 bits per heavy atom. The number of amides is 1. The summed E-state index contributed by atoms with van der Waals surface area (Å²) in [6.07, 6.45) is 1.72. The second kappa shape index (κ2) is 8.96. The molecule has 1 amide bonds. The molecule has 28 heavy (non-hydrogen) atoms. The van der Waals surface area contributed by atoms with Crippen LogP contribution in [0.2, 0.25) is 0 Å². The van der Waals surface area contributed by atoms with Gasteiger partial charge in [-0.1, -0.05) is 18.2 Å². The minimum Gasteiger partial charge on any atom is -0.504 e. The van der Waals surface area contributed by atoms with Gasteiger partial charge in [0.15, 0.2) is 11.5 Å². The second-order valence-corrected chi connectivity index (χ2v) is 6.97. The summed E-state index contributed by atoms with van der Waals surface area (Å²) < 4.78 is 0. The number of nitrogens with two attached hydrogens (primary N) is 1. The van der Waals surface area contributed by atoms with Crippen LogP contribution in [-0.2, 0) is 4.79 Å². The number of thioether (sulfide) groups is 1. The summed E-state index contributed by atoms with van der Waals surface area (Å²) in [5, 5.41) is 21.4. The predicted octanol–water partition coefficient (Wildman–Crippen LogP) is 4.16. The number of aliphatic imine (C=N–C) groups is 1. The van der Waals surface area contributed by atoms with Gasteiger partial charge in [-0.05, 0) is 42.5 Å². The Morgan fingerprint density at radius 1 is 1.04 bits per heavy atom. The highest BCUT2D eigenvalue weighted by Gasteiger charge is 2.06. The molecule has 0 atom stereocenters. The van der Waals surface area contributed by atoms with E-state index in [2.05, 4.69) is 10.3 Å². The van der Waals surface area contributed by atoms with Crippen LogP contribution in [0.15, 0.2) is 76.6 Å². The van der Waals surface area contributed by atoms with Gasteiger partial charge >= 0.3 is 0 Å². The predicted molar refractivity (Wildman–Crippen MR) is 114 cm³/mol. The molecule has 6 nitrogen and oxygen atoms in total. The van der Waals surface area contributed by atoms with Crippen molar-refractivity contribution in [3.8, 4) is 11.5 Å². The molecule has 0 aliphatic carbocycles. The van der Waals surface area contributed by atoms with Gasteiger partial charge in [0, 0.05) is 34.1 Å². The van der Waals surface area contributed by atoms with E-state index in [1.807, 2.05) is 48.5 Å². The van der Waals surface area contributed by atoms with Crippen LogP contribution in [0, 0.1) is 0 Å². The number of nitrogens with zero attached hydrogens (tertiary/aromatic N) is 1. The molecule has 3 rings (SSSR count). The maximum absolute atomic E-state index is 12.0. The van der Waals surface area contributed by atoms with E-state index in [-0.39, 0.29) is 23.2 Å². The van der Waals surface area contributed by atoms with E-state index in [0.29, 0.717) is 11.4 Å². The number of benzene rings is 3. The van der Waals surface area contributed by atoms with Gasteiger partial charge in [0.05, 0.1) is 11.4 Å². The van der Waals surface area contributed by atoms with E-state index in [0.717, 1.165) is 16.1 Å². The fraction of sp³-hybridized carbons (Fsp3) is 0.0476. The summed E-state index contributed by atoms with van der Waals surface area (Å²) in [5.41, 5.74) is 8.63. The smallest absolute Gasteiger partial charge is 0.234 e. The number of nitrogen functional groups attached to an aromatic ring is 1. The number of rotatable bonds is 6. The van der Waals surface area contributed by atoms with Gasteiger partial charge in [0.25, 0.3) is 0 Å². The van der Waals surface area contributed by atoms with Crippen LogP contribution in [0.25, 0.3) is 0 Å². The van der Waals surface area contributed by atoms with Gasteiger partial charge in [-0.2, -0.15) is 0 Å². The molecule has 0 unspecified atom stereocenters. The van der Waals surface area contributed by atoms with Crippen LogP contribution in [0.1, 0.15) is 5.56 Å². The van der Waals surface area contributed by atoms with Crippen LogP contribution in [0.4, 0.5) is 17.1 Å². The van der Waals surface area contributed by atoms with Gasteiger partial charge in [0.1, 0.15) is 0 Å². The lowest BCUT2D eigenvalue weighted by Gasteiger charge is -2.06. The standard InChI is InChI=1S/C21H19N3O3S/c22-18-4-2-1-3-14(18)12-23-15-5-8-17(9-6-15)28-13-21(27)24-16-7-10-19(25)20(26)11-16/h1-12,25-26H,13,22H2,(H,24,27). The first-order valence-corrected chi connectivity index (χ1v) is 9.43. The molecule has 0 spiro atoms. The van der Waals surface area contributed by atoms with E-state index in [9.17, 15) is 15.0 Å². The van der Waals surface area contributed by atoms with Crippen molar-refractivity contribution in [2.75, 3.05) is 16.8 Å². The van der Waals surface area contributed by atoms with E-state index in [1.165, 1.54) is 30.0 Å². The zero-order valence-corrected chi connectivity index (χ0v) is 15.7. The Kier molecular flexibility index (Phi) is 6.18. The van der Waals surface area contributed by atoms with Crippen molar-refractivity contribution in [1.82, 2.24) is 0 Å². The highest BCUT2D eigenvalue weighted by atomic mass is 32.2. The number of carbonyl (C=O) groups is 1. The highest BCUT2D eigenvalue weighted by Crippen LogP contribution is 2.28. The fourth-order valence-electron chi connectivity index (χ4n) is 2.35. The Labute approximate surface area is 166 Å². The molecule has 0 aliphatic heterocycles. The lowest BCUT2D eigenvalue weighted by molar-refractivity contribution is -0.113. The number of phenolic OH excluding ortho intramolecular Hbond substituents is 2. The molecule has 0 saturated heterocycles. The zero-order valence-electron chi connectivity index (χ0n) is 14.9. The molecule has 3 aromatic carbocycles. The maximum atomic E-state index is 12.0. The van der Waals surface area contributed by atoms with E-state index in [1.54, 1.807) is 6.21 Å². The highest BCUT2D eigenvalue weighted by molar-refractivity contribution is 8.00. The zero-order chi connectivity index (χ0) is 19.9. The summed E-state index contributed by atoms with van der Waals surface area (Å²) in [6, 6.07) is 19.2. The molecular formula is C21H19N3O3S. The number of hydrogen-bond acceptors (Lipinski definition) is 6. The van der Waals surface area contributed by atoms with Crippen molar-refractivity contribution in [3.63, 3.8) is 0 Å². The van der Waals surface area contributed by atoms with Crippen LogP contribution in [-0.4, -0.2) is 28.1 Å². The summed E-state index contributed by atoms with van der Waals surface area (Å²) in [5.74, 6) is -0.509. The molecule has 0 saturated carbocycles. The van der Waals surface area contributed by atoms with Crippen molar-refractivity contribution in [2.24, 2.45) is 4.99 Å². The normalized spacial score (nSPS) is 10.9. The summed E-state index contributed by atoms with van der Waals surface area (Å²) in [6.45, 7) is 0. The molecule has 5 N–H and O–H groups in total. The van der Waals surface area contributed by atoms with Crippen LogP contribution in [0.5, 0.6) is 11.5 Å². The number of phenols is 2. The summed E-state index contributed by atoms with van der Waals surface area (Å²) in [4.78, 5) is 17.4. The maximum Gasteiger partial charge on any atom is 0.234 e. The number of hydrogen-bond donors (Lipinski definition) is 4. The van der Waals surface area contributed by atoms with Crippen LogP contribution < -0.4 is 11.1 Å². The lowest BCUT2D eigenvalue weighted by Crippen LogP contribution is -2.13. The van der Waals surface area contributed by atoms with Gasteiger partial charge in [-0.25, -0.2) is 0 Å². The third-order valence-corrected chi connectivity index (χ3v) is 4.83. The Morgan fingerprint density at radius 2 is 1.79 bits per heavy atom. The van der Waals surface area contributed by atoms with E-state index in [4.69, 9.17) is 5.73 Å². The molecule has 0 heterocycles. The quantitative estimate of drug-likeness (QED) is 0.165.